The topological polar surface area (TPSA) is 50.2 Å². The minimum atomic E-state index is -0.243. The van der Waals surface area contributed by atoms with Gasteiger partial charge in [0.05, 0.1) is 17.6 Å². The van der Waals surface area contributed by atoms with E-state index in [9.17, 15) is 9.18 Å². The number of anilines is 1. The average Bonchev–Trinajstić information content (AvgIpc) is 3.21. The van der Waals surface area contributed by atoms with Gasteiger partial charge in [0.15, 0.2) is 0 Å². The summed E-state index contributed by atoms with van der Waals surface area (Å²) in [5.41, 5.74) is 3.81. The van der Waals surface area contributed by atoms with E-state index in [1.807, 2.05) is 54.6 Å². The van der Waals surface area contributed by atoms with Crippen molar-refractivity contribution in [1.29, 1.82) is 0 Å². The fraction of sp³-hybridized carbons (Fsp3) is 0.259. The summed E-state index contributed by atoms with van der Waals surface area (Å²) in [5, 5.41) is 3.72. The van der Waals surface area contributed by atoms with Crippen molar-refractivity contribution in [3.8, 4) is 0 Å². The van der Waals surface area contributed by atoms with Gasteiger partial charge < -0.3 is 14.8 Å². The Balaban J connectivity index is 1.28. The summed E-state index contributed by atoms with van der Waals surface area (Å²) in [6.45, 7) is 2.49. The maximum absolute atomic E-state index is 13.8. The molecule has 7 heteroatoms. The molecule has 0 atom stereocenters. The van der Waals surface area contributed by atoms with Crippen LogP contribution in [-0.4, -0.2) is 28.5 Å². The Labute approximate surface area is 203 Å². The molecule has 0 bridgehead atoms. The first-order chi connectivity index (χ1) is 16.6. The van der Waals surface area contributed by atoms with Crippen LogP contribution in [0.25, 0.3) is 11.0 Å². The fourth-order valence-electron chi connectivity index (χ4n) is 4.60. The summed E-state index contributed by atoms with van der Waals surface area (Å²) in [6.07, 6.45) is 1.51. The molecule has 2 heterocycles. The highest BCUT2D eigenvalue weighted by molar-refractivity contribution is 6.30. The van der Waals surface area contributed by atoms with Crippen LogP contribution in [0.15, 0.2) is 72.8 Å². The van der Waals surface area contributed by atoms with Crippen molar-refractivity contribution in [2.24, 2.45) is 5.92 Å². The molecule has 0 radical (unpaired) electrons. The molecule has 0 saturated carbocycles. The van der Waals surface area contributed by atoms with Gasteiger partial charge in [-0.2, -0.15) is 0 Å². The minimum Gasteiger partial charge on any atom is -0.352 e. The van der Waals surface area contributed by atoms with Crippen LogP contribution in [0.5, 0.6) is 0 Å². The Morgan fingerprint density at radius 3 is 2.56 bits per heavy atom. The van der Waals surface area contributed by atoms with Crippen molar-refractivity contribution >= 4 is 34.5 Å². The first kappa shape index (κ1) is 22.4. The van der Waals surface area contributed by atoms with Gasteiger partial charge >= 0.3 is 0 Å². The summed E-state index contributed by atoms with van der Waals surface area (Å²) >= 11 is 6.04. The molecule has 1 aliphatic heterocycles. The predicted molar refractivity (Wildman–Crippen MR) is 133 cm³/mol. The number of rotatable bonds is 6. The number of para-hydroxylation sites is 2. The Morgan fingerprint density at radius 2 is 1.76 bits per heavy atom. The molecule has 3 aromatic carbocycles. The number of aromatic nitrogens is 2. The van der Waals surface area contributed by atoms with Gasteiger partial charge in [0.1, 0.15) is 5.82 Å². The first-order valence-electron chi connectivity index (χ1n) is 11.5. The van der Waals surface area contributed by atoms with Crippen LogP contribution >= 0.6 is 11.6 Å². The number of carbonyl (C=O) groups excluding carboxylic acids is 1. The van der Waals surface area contributed by atoms with Crippen LogP contribution in [0.4, 0.5) is 10.3 Å². The average molecular weight is 477 g/mol. The van der Waals surface area contributed by atoms with Crippen molar-refractivity contribution in [2.45, 2.75) is 25.9 Å². The summed E-state index contributed by atoms with van der Waals surface area (Å²) in [5.74, 6) is 0.667. The van der Waals surface area contributed by atoms with Crippen molar-refractivity contribution in [2.75, 3.05) is 18.0 Å². The molecule has 0 spiro atoms. The summed E-state index contributed by atoms with van der Waals surface area (Å²) in [7, 11) is 0. The second-order valence-corrected chi connectivity index (χ2v) is 9.16. The molecular formula is C27H26ClFN4O. The van der Waals surface area contributed by atoms with E-state index in [4.69, 9.17) is 16.6 Å². The third-order valence-electron chi connectivity index (χ3n) is 6.37. The molecule has 1 N–H and O–H groups in total. The van der Waals surface area contributed by atoms with Gasteiger partial charge in [-0.05, 0) is 60.4 Å². The third kappa shape index (κ3) is 4.92. The molecule has 1 aromatic heterocycles. The molecule has 1 fully saturated rings. The summed E-state index contributed by atoms with van der Waals surface area (Å²) in [4.78, 5) is 19.9. The molecule has 1 amide bonds. The van der Waals surface area contributed by atoms with Gasteiger partial charge in [-0.1, -0.05) is 48.0 Å². The number of benzene rings is 3. The quantitative estimate of drug-likeness (QED) is 0.405. The van der Waals surface area contributed by atoms with E-state index in [-0.39, 0.29) is 17.6 Å². The van der Waals surface area contributed by atoms with Gasteiger partial charge in [0, 0.05) is 30.6 Å². The van der Waals surface area contributed by atoms with Gasteiger partial charge in [0.2, 0.25) is 11.9 Å². The molecule has 0 aliphatic carbocycles. The van der Waals surface area contributed by atoms with E-state index in [0.717, 1.165) is 54.0 Å². The smallest absolute Gasteiger partial charge is 0.223 e. The highest BCUT2D eigenvalue weighted by Gasteiger charge is 2.27. The zero-order valence-corrected chi connectivity index (χ0v) is 19.5. The Bertz CT molecular complexity index is 1310. The van der Waals surface area contributed by atoms with Gasteiger partial charge in [0.25, 0.3) is 0 Å². The van der Waals surface area contributed by atoms with Crippen LogP contribution in [-0.2, 0) is 17.9 Å². The number of nitrogens with one attached hydrogen (secondary N) is 1. The number of hydrogen-bond donors (Lipinski definition) is 1. The van der Waals surface area contributed by atoms with E-state index in [0.29, 0.717) is 18.1 Å². The lowest BCUT2D eigenvalue weighted by molar-refractivity contribution is -0.125. The lowest BCUT2D eigenvalue weighted by Gasteiger charge is -2.32. The predicted octanol–water partition coefficient (Wildman–Crippen LogP) is 5.41. The lowest BCUT2D eigenvalue weighted by atomic mass is 9.96. The molecule has 174 valence electrons. The number of nitrogens with zero attached hydrogens (tertiary/aromatic N) is 3. The lowest BCUT2D eigenvalue weighted by Crippen LogP contribution is -2.41. The van der Waals surface area contributed by atoms with E-state index in [1.54, 1.807) is 12.1 Å². The maximum Gasteiger partial charge on any atom is 0.223 e. The van der Waals surface area contributed by atoms with Crippen molar-refractivity contribution in [3.05, 3.63) is 94.8 Å². The Morgan fingerprint density at radius 1 is 1.00 bits per heavy atom. The molecule has 0 unspecified atom stereocenters. The Kier molecular flexibility index (Phi) is 6.50. The van der Waals surface area contributed by atoms with E-state index >= 15 is 0 Å². The van der Waals surface area contributed by atoms with E-state index in [2.05, 4.69) is 14.8 Å². The van der Waals surface area contributed by atoms with Crippen LogP contribution in [0.3, 0.4) is 0 Å². The van der Waals surface area contributed by atoms with Crippen LogP contribution < -0.4 is 10.2 Å². The normalized spacial score (nSPS) is 14.5. The molecular weight excluding hydrogens is 451 g/mol. The van der Waals surface area contributed by atoms with Gasteiger partial charge in [-0.3, -0.25) is 4.79 Å². The first-order valence-corrected chi connectivity index (χ1v) is 11.9. The largest absolute Gasteiger partial charge is 0.352 e. The molecule has 4 aromatic rings. The zero-order chi connectivity index (χ0) is 23.5. The van der Waals surface area contributed by atoms with Crippen molar-refractivity contribution < 1.29 is 9.18 Å². The van der Waals surface area contributed by atoms with Crippen molar-refractivity contribution in [1.82, 2.24) is 14.9 Å². The molecule has 5 nitrogen and oxygen atoms in total. The Hall–Kier alpha value is -3.38. The van der Waals surface area contributed by atoms with Crippen LogP contribution in [0.1, 0.15) is 24.0 Å². The number of carbonyl (C=O) groups is 1. The maximum atomic E-state index is 13.8. The molecule has 5 rings (SSSR count). The fourth-order valence-corrected chi connectivity index (χ4v) is 4.81. The summed E-state index contributed by atoms with van der Waals surface area (Å²) < 4.78 is 15.9. The van der Waals surface area contributed by atoms with Crippen LogP contribution in [0, 0.1) is 11.7 Å². The van der Waals surface area contributed by atoms with E-state index < -0.39 is 0 Å². The number of amides is 1. The minimum absolute atomic E-state index is 0.0310. The number of hydrogen-bond acceptors (Lipinski definition) is 3. The number of imidazole rings is 1. The number of piperidine rings is 1. The number of fused-ring (bicyclic) bond motifs is 1. The second kappa shape index (κ2) is 9.85. The standard InChI is InChI=1S/C27H26ClFN4O/c28-22-7-3-5-19(15-22)17-30-26(34)21-11-13-32(14-12-21)27-31-24-9-1-2-10-25(24)33(27)18-20-6-4-8-23(29)16-20/h1-10,15-16,21H,11-14,17-18H2,(H,30,34). The third-order valence-corrected chi connectivity index (χ3v) is 6.60. The molecule has 1 aliphatic rings. The number of halogens is 2. The van der Waals surface area contributed by atoms with E-state index in [1.165, 1.54) is 6.07 Å². The molecule has 1 saturated heterocycles. The van der Waals surface area contributed by atoms with Gasteiger partial charge in [-0.25, -0.2) is 9.37 Å². The van der Waals surface area contributed by atoms with Gasteiger partial charge in [-0.15, -0.1) is 0 Å². The highest BCUT2D eigenvalue weighted by atomic mass is 35.5. The van der Waals surface area contributed by atoms with Crippen molar-refractivity contribution in [3.63, 3.8) is 0 Å². The highest BCUT2D eigenvalue weighted by Crippen LogP contribution is 2.28. The second-order valence-electron chi connectivity index (χ2n) is 8.73. The SMILES string of the molecule is O=C(NCc1cccc(Cl)c1)C1CCN(c2nc3ccccc3n2Cc2cccc(F)c2)CC1. The zero-order valence-electron chi connectivity index (χ0n) is 18.8. The summed E-state index contributed by atoms with van der Waals surface area (Å²) in [6, 6.07) is 22.2. The molecule has 34 heavy (non-hydrogen) atoms. The monoisotopic (exact) mass is 476 g/mol. The van der Waals surface area contributed by atoms with Crippen LogP contribution in [0.2, 0.25) is 5.02 Å².